The summed E-state index contributed by atoms with van der Waals surface area (Å²) in [6, 6.07) is 0. The second kappa shape index (κ2) is 5.54. The van der Waals surface area contributed by atoms with E-state index in [0.717, 1.165) is 6.26 Å². The van der Waals surface area contributed by atoms with Gasteiger partial charge < -0.3 is 4.52 Å². The zero-order chi connectivity index (χ0) is 10.5. The fraction of sp³-hybridized carbons (Fsp3) is 0.250. The first kappa shape index (κ1) is 12.8. The van der Waals surface area contributed by atoms with E-state index in [0.29, 0.717) is 0 Å². The van der Waals surface area contributed by atoms with Crippen LogP contribution in [0.3, 0.4) is 0 Å². The summed E-state index contributed by atoms with van der Waals surface area (Å²) in [5.41, 5.74) is 0. The van der Waals surface area contributed by atoms with Crippen LogP contribution in [0.15, 0.2) is 38.2 Å². The van der Waals surface area contributed by atoms with E-state index in [1.807, 2.05) is 0 Å². The van der Waals surface area contributed by atoms with Gasteiger partial charge in [-0.15, -0.1) is 36.4 Å². The van der Waals surface area contributed by atoms with Gasteiger partial charge in [-0.25, -0.2) is 0 Å². The summed E-state index contributed by atoms with van der Waals surface area (Å²) in [6.45, 7) is 10.1. The van der Waals surface area contributed by atoms with Crippen LogP contribution in [0.25, 0.3) is 0 Å². The van der Waals surface area contributed by atoms with Gasteiger partial charge in [0.2, 0.25) is 0 Å². The molecule has 0 radical (unpaired) electrons. The van der Waals surface area contributed by atoms with Crippen molar-refractivity contribution < 1.29 is 9.09 Å². The molecule has 0 aliphatic rings. The van der Waals surface area contributed by atoms with E-state index in [9.17, 15) is 4.57 Å². The molecule has 0 amide bonds. The Kier molecular flexibility index (Phi) is 5.46. The Balaban J connectivity index is 4.91. The lowest BCUT2D eigenvalue weighted by Crippen LogP contribution is -2.07. The zero-order valence-corrected chi connectivity index (χ0v) is 9.43. The molecule has 0 aromatic rings. The topological polar surface area (TPSA) is 26.3 Å². The fourth-order valence-electron chi connectivity index (χ4n) is 0.663. The maximum Gasteiger partial charge on any atom is 0.289 e. The summed E-state index contributed by atoms with van der Waals surface area (Å²) >= 11 is 11.5. The second-order valence-electron chi connectivity index (χ2n) is 2.13. The van der Waals surface area contributed by atoms with Crippen molar-refractivity contribution in [3.05, 3.63) is 38.2 Å². The van der Waals surface area contributed by atoms with E-state index in [1.165, 1.54) is 12.2 Å². The molecular formula is C8H11Cl2O2P. The Labute approximate surface area is 88.3 Å². The molecule has 0 heterocycles. The fourth-order valence-corrected chi connectivity index (χ4v) is 3.17. The molecule has 2 nitrogen and oxygen atoms in total. The Morgan fingerprint density at radius 3 is 1.77 bits per heavy atom. The highest BCUT2D eigenvalue weighted by Gasteiger charge is 2.37. The molecule has 0 saturated heterocycles. The van der Waals surface area contributed by atoms with Crippen LogP contribution >= 0.6 is 30.6 Å². The lowest BCUT2D eigenvalue weighted by atomic mass is 10.7. The number of allylic oxidation sites excluding steroid dienone is 2. The van der Waals surface area contributed by atoms with E-state index in [4.69, 9.17) is 27.7 Å². The van der Waals surface area contributed by atoms with Crippen molar-refractivity contribution in [3.8, 4) is 0 Å². The Morgan fingerprint density at radius 1 is 1.15 bits per heavy atom. The molecule has 0 aromatic carbocycles. The summed E-state index contributed by atoms with van der Waals surface area (Å²) < 4.78 is 16.8. The normalized spacial score (nSPS) is 19.2. The summed E-state index contributed by atoms with van der Waals surface area (Å²) in [5, 5.41) is -1.68. The molecule has 2 atom stereocenters. The third-order valence-corrected chi connectivity index (χ3v) is 5.58. The number of halogens is 2. The molecule has 13 heavy (non-hydrogen) atoms. The van der Waals surface area contributed by atoms with E-state index < -0.39 is 17.6 Å². The molecule has 2 unspecified atom stereocenters. The van der Waals surface area contributed by atoms with Crippen LogP contribution in [0.2, 0.25) is 0 Å². The summed E-state index contributed by atoms with van der Waals surface area (Å²) in [4.78, 5) is 0. The predicted molar refractivity (Wildman–Crippen MR) is 58.6 cm³/mol. The van der Waals surface area contributed by atoms with Gasteiger partial charge in [-0.05, 0) is 0 Å². The van der Waals surface area contributed by atoms with Gasteiger partial charge in [0.1, 0.15) is 10.2 Å². The Hall–Kier alpha value is -0.170. The van der Waals surface area contributed by atoms with Crippen LogP contribution in [0.4, 0.5) is 0 Å². The largest absolute Gasteiger partial charge is 0.449 e. The Morgan fingerprint density at radius 2 is 1.54 bits per heavy atom. The first-order valence-corrected chi connectivity index (χ1v) is 6.08. The lowest BCUT2D eigenvalue weighted by molar-refractivity contribution is 0.441. The number of hydrogen-bond acceptors (Lipinski definition) is 2. The third kappa shape index (κ3) is 2.91. The number of rotatable bonds is 6. The third-order valence-electron chi connectivity index (χ3n) is 1.32. The van der Waals surface area contributed by atoms with E-state index in [1.54, 1.807) is 0 Å². The van der Waals surface area contributed by atoms with Crippen LogP contribution in [0.1, 0.15) is 0 Å². The smallest absolute Gasteiger partial charge is 0.289 e. The van der Waals surface area contributed by atoms with Crippen molar-refractivity contribution in [2.24, 2.45) is 0 Å². The first-order chi connectivity index (χ1) is 6.02. The van der Waals surface area contributed by atoms with Crippen molar-refractivity contribution >= 4 is 30.6 Å². The molecule has 0 aromatic heterocycles. The van der Waals surface area contributed by atoms with Gasteiger partial charge in [0.05, 0.1) is 6.26 Å². The molecule has 0 fully saturated rings. The van der Waals surface area contributed by atoms with Crippen molar-refractivity contribution in [2.75, 3.05) is 0 Å². The van der Waals surface area contributed by atoms with E-state index in [-0.39, 0.29) is 0 Å². The Bertz CT molecular complexity index is 235. The van der Waals surface area contributed by atoms with Gasteiger partial charge in [0, 0.05) is 0 Å². The van der Waals surface area contributed by atoms with Gasteiger partial charge in [-0.1, -0.05) is 18.7 Å². The molecule has 0 N–H and O–H groups in total. The molecule has 0 aliphatic carbocycles. The molecular weight excluding hydrogens is 230 g/mol. The molecule has 74 valence electrons. The van der Waals surface area contributed by atoms with Gasteiger partial charge in [0.25, 0.3) is 7.37 Å². The quantitative estimate of drug-likeness (QED) is 0.305. The number of alkyl halides is 2. The van der Waals surface area contributed by atoms with Crippen molar-refractivity contribution in [2.45, 2.75) is 10.2 Å². The van der Waals surface area contributed by atoms with Crippen molar-refractivity contribution in [3.63, 3.8) is 0 Å². The standard InChI is InChI=1S/C8H11Cl2O2P/c1-4-7(9)13(11,12-6-3)8(10)5-2/h4-8H,1-3H2. The van der Waals surface area contributed by atoms with Gasteiger partial charge in [-0.2, -0.15) is 0 Å². The highest BCUT2D eigenvalue weighted by Crippen LogP contribution is 2.60. The summed E-state index contributed by atoms with van der Waals surface area (Å²) in [5.74, 6) is 0. The molecule has 0 saturated carbocycles. The van der Waals surface area contributed by atoms with Gasteiger partial charge >= 0.3 is 0 Å². The van der Waals surface area contributed by atoms with Crippen LogP contribution in [0.5, 0.6) is 0 Å². The predicted octanol–water partition coefficient (Wildman–Crippen LogP) is 3.93. The van der Waals surface area contributed by atoms with E-state index in [2.05, 4.69) is 19.7 Å². The SMILES string of the molecule is C=COP(=O)(C(Cl)C=C)C(Cl)C=C. The average molecular weight is 241 g/mol. The molecule has 0 rings (SSSR count). The molecule has 0 bridgehead atoms. The molecule has 5 heteroatoms. The van der Waals surface area contributed by atoms with E-state index >= 15 is 0 Å². The minimum absolute atomic E-state index is 0.842. The van der Waals surface area contributed by atoms with Crippen LogP contribution in [-0.2, 0) is 9.09 Å². The summed E-state index contributed by atoms with van der Waals surface area (Å²) in [7, 11) is -3.22. The highest BCUT2D eigenvalue weighted by molar-refractivity contribution is 7.64. The van der Waals surface area contributed by atoms with Gasteiger partial charge in [0.15, 0.2) is 0 Å². The van der Waals surface area contributed by atoms with Crippen molar-refractivity contribution in [1.82, 2.24) is 0 Å². The van der Waals surface area contributed by atoms with Crippen LogP contribution < -0.4 is 0 Å². The highest BCUT2D eigenvalue weighted by atomic mass is 35.5. The molecule has 0 aliphatic heterocycles. The maximum absolute atomic E-state index is 12.0. The maximum atomic E-state index is 12.0. The monoisotopic (exact) mass is 240 g/mol. The minimum atomic E-state index is -3.22. The summed E-state index contributed by atoms with van der Waals surface area (Å²) in [6.07, 6.45) is 3.67. The first-order valence-electron chi connectivity index (χ1n) is 3.45. The number of hydrogen-bond donors (Lipinski definition) is 0. The zero-order valence-electron chi connectivity index (χ0n) is 7.03. The van der Waals surface area contributed by atoms with Crippen molar-refractivity contribution in [1.29, 1.82) is 0 Å². The van der Waals surface area contributed by atoms with Gasteiger partial charge in [-0.3, -0.25) is 4.57 Å². The lowest BCUT2D eigenvalue weighted by Gasteiger charge is -2.22. The average Bonchev–Trinajstić information content (AvgIpc) is 2.15. The minimum Gasteiger partial charge on any atom is -0.449 e. The molecule has 0 spiro atoms. The van der Waals surface area contributed by atoms with Crippen LogP contribution in [0, 0.1) is 0 Å². The second-order valence-corrected chi connectivity index (χ2v) is 6.30. The van der Waals surface area contributed by atoms with Crippen LogP contribution in [-0.4, -0.2) is 10.2 Å².